The number of nitrogens with one attached hydrogen (secondary N) is 3. The van der Waals surface area contributed by atoms with Crippen LogP contribution in [0.15, 0.2) is 41.8 Å². The highest BCUT2D eigenvalue weighted by Gasteiger charge is 2.29. The van der Waals surface area contributed by atoms with Gasteiger partial charge in [0.1, 0.15) is 11.6 Å². The molecule has 0 unspecified atom stereocenters. The first-order chi connectivity index (χ1) is 18.3. The molecule has 0 bridgehead atoms. The lowest BCUT2D eigenvalue weighted by molar-refractivity contribution is -0.131. The van der Waals surface area contributed by atoms with Crippen LogP contribution in [-0.4, -0.2) is 59.9 Å². The van der Waals surface area contributed by atoms with Gasteiger partial charge in [0.05, 0.1) is 31.2 Å². The van der Waals surface area contributed by atoms with E-state index < -0.39 is 41.8 Å². The summed E-state index contributed by atoms with van der Waals surface area (Å²) in [5.74, 6) is -1.59. The third-order valence-electron chi connectivity index (χ3n) is 5.67. The normalized spacial score (nSPS) is 13.6. The lowest BCUT2D eigenvalue weighted by Gasteiger charge is -2.27. The first-order valence-corrected chi connectivity index (χ1v) is 13.6. The van der Waals surface area contributed by atoms with Crippen LogP contribution in [0.2, 0.25) is 0 Å². The van der Waals surface area contributed by atoms with Crippen molar-refractivity contribution in [2.75, 3.05) is 7.11 Å². The number of methoxy groups -OCH3 is 1. The van der Waals surface area contributed by atoms with Crippen LogP contribution in [0.5, 0.6) is 0 Å². The van der Waals surface area contributed by atoms with Crippen molar-refractivity contribution in [3.63, 3.8) is 0 Å². The van der Waals surface area contributed by atoms with E-state index >= 15 is 0 Å². The predicted molar refractivity (Wildman–Crippen MR) is 148 cm³/mol. The summed E-state index contributed by atoms with van der Waals surface area (Å²) in [5, 5.41) is 21.0. The van der Waals surface area contributed by atoms with Crippen molar-refractivity contribution in [3.05, 3.63) is 57.8 Å². The van der Waals surface area contributed by atoms with E-state index in [2.05, 4.69) is 20.7 Å². The number of esters is 1. The number of ether oxygens (including phenoxy) is 2. The van der Waals surface area contributed by atoms with Gasteiger partial charge in [-0.3, -0.25) is 9.59 Å². The van der Waals surface area contributed by atoms with Crippen molar-refractivity contribution in [1.82, 2.24) is 16.0 Å². The Bertz CT molecular complexity index is 1100. The Balaban J connectivity index is 1.99. The maximum atomic E-state index is 12.9. The molecule has 2 rings (SSSR count). The number of hydrogen-bond acceptors (Lipinski definition) is 8. The zero-order chi connectivity index (χ0) is 29.2. The van der Waals surface area contributed by atoms with Gasteiger partial charge in [0.2, 0.25) is 11.8 Å². The van der Waals surface area contributed by atoms with Crippen LogP contribution in [0.4, 0.5) is 4.79 Å². The molecule has 0 aliphatic carbocycles. The molecule has 2 aromatic rings. The molecule has 4 N–H and O–H groups in total. The lowest BCUT2D eigenvalue weighted by Crippen LogP contribution is -2.52. The molecule has 1 aromatic carbocycles. The smallest absolute Gasteiger partial charge is 0.407 e. The Morgan fingerprint density at radius 2 is 1.69 bits per heavy atom. The average molecular weight is 562 g/mol. The second kappa shape index (κ2) is 14.6. The van der Waals surface area contributed by atoms with E-state index in [1.54, 1.807) is 58.9 Å². The number of rotatable bonds is 12. The summed E-state index contributed by atoms with van der Waals surface area (Å²) in [6, 6.07) is 8.75. The summed E-state index contributed by atoms with van der Waals surface area (Å²) in [5.41, 5.74) is 0.447. The van der Waals surface area contributed by atoms with Crippen molar-refractivity contribution >= 4 is 35.2 Å². The minimum atomic E-state index is -1.22. The Hall–Kier alpha value is -3.44. The van der Waals surface area contributed by atoms with Gasteiger partial charge in [-0.2, -0.15) is 0 Å². The fourth-order valence-corrected chi connectivity index (χ4v) is 4.43. The largest absolute Gasteiger partial charge is 0.465 e. The van der Waals surface area contributed by atoms with Crippen molar-refractivity contribution in [2.45, 2.75) is 77.8 Å². The molecule has 1 heterocycles. The highest BCUT2D eigenvalue weighted by molar-refractivity contribution is 7.09. The molecule has 3 atom stereocenters. The molecule has 11 heteroatoms. The highest BCUT2D eigenvalue weighted by Crippen LogP contribution is 2.16. The van der Waals surface area contributed by atoms with Gasteiger partial charge in [-0.05, 0) is 55.8 Å². The Morgan fingerprint density at radius 3 is 2.23 bits per heavy atom. The Morgan fingerprint density at radius 1 is 1.03 bits per heavy atom. The van der Waals surface area contributed by atoms with Crippen molar-refractivity contribution < 1.29 is 33.8 Å². The molecule has 214 valence electrons. The highest BCUT2D eigenvalue weighted by atomic mass is 32.1. The van der Waals surface area contributed by atoms with E-state index in [1.807, 2.05) is 17.5 Å². The minimum Gasteiger partial charge on any atom is -0.465 e. The van der Waals surface area contributed by atoms with Crippen LogP contribution in [0.1, 0.15) is 61.8 Å². The number of thiophene rings is 1. The summed E-state index contributed by atoms with van der Waals surface area (Å²) in [6.07, 6.45) is -1.92. The number of carbonyl (C=O) groups is 4. The topological polar surface area (TPSA) is 143 Å². The first-order valence-electron chi connectivity index (χ1n) is 12.7. The molecule has 0 fully saturated rings. The lowest BCUT2D eigenvalue weighted by atomic mass is 10.0. The number of aliphatic hydroxyl groups is 1. The van der Waals surface area contributed by atoms with Gasteiger partial charge in [-0.1, -0.05) is 32.0 Å². The van der Waals surface area contributed by atoms with E-state index in [0.717, 1.165) is 10.4 Å². The molecule has 0 saturated carbocycles. The zero-order valence-electron chi connectivity index (χ0n) is 23.3. The quantitative estimate of drug-likeness (QED) is 0.292. The summed E-state index contributed by atoms with van der Waals surface area (Å²) < 4.78 is 10.0. The summed E-state index contributed by atoms with van der Waals surface area (Å²) in [6.45, 7) is 9.01. The van der Waals surface area contributed by atoms with Gasteiger partial charge in [0.15, 0.2) is 0 Å². The number of carbonyl (C=O) groups excluding carboxylic acids is 4. The third kappa shape index (κ3) is 11.1. The molecular formula is C28H39N3O7S. The van der Waals surface area contributed by atoms with Crippen LogP contribution in [0.25, 0.3) is 0 Å². The summed E-state index contributed by atoms with van der Waals surface area (Å²) in [4.78, 5) is 50.6. The molecule has 3 amide bonds. The van der Waals surface area contributed by atoms with E-state index in [0.29, 0.717) is 12.0 Å². The van der Waals surface area contributed by atoms with Crippen LogP contribution in [0.3, 0.4) is 0 Å². The van der Waals surface area contributed by atoms with Crippen LogP contribution >= 0.6 is 11.3 Å². The van der Waals surface area contributed by atoms with E-state index in [1.165, 1.54) is 18.4 Å². The first kappa shape index (κ1) is 31.8. The van der Waals surface area contributed by atoms with Gasteiger partial charge in [0, 0.05) is 17.8 Å². The molecule has 39 heavy (non-hydrogen) atoms. The van der Waals surface area contributed by atoms with Crippen LogP contribution in [-0.2, 0) is 32.0 Å². The molecule has 0 aliphatic heterocycles. The fourth-order valence-electron chi connectivity index (χ4n) is 3.66. The van der Waals surface area contributed by atoms with E-state index in [4.69, 9.17) is 4.74 Å². The number of amides is 3. The molecule has 1 aromatic heterocycles. The third-order valence-corrected chi connectivity index (χ3v) is 6.57. The second-order valence-electron chi connectivity index (χ2n) is 10.5. The van der Waals surface area contributed by atoms with Crippen LogP contribution < -0.4 is 16.0 Å². The molecule has 0 radical (unpaired) electrons. The Kier molecular flexibility index (Phi) is 11.9. The fraction of sp³-hybridized carbons (Fsp3) is 0.500. The van der Waals surface area contributed by atoms with Gasteiger partial charge in [-0.15, -0.1) is 11.3 Å². The maximum absolute atomic E-state index is 12.9. The number of aliphatic hydroxyl groups excluding tert-OH is 1. The van der Waals surface area contributed by atoms with Gasteiger partial charge >= 0.3 is 12.1 Å². The van der Waals surface area contributed by atoms with Crippen LogP contribution in [0, 0.1) is 5.92 Å². The predicted octanol–water partition coefficient (Wildman–Crippen LogP) is 3.18. The molecule has 0 spiro atoms. The maximum Gasteiger partial charge on any atom is 0.407 e. The number of hydrogen-bond donors (Lipinski definition) is 4. The van der Waals surface area contributed by atoms with Gasteiger partial charge < -0.3 is 30.5 Å². The molecular weight excluding hydrogens is 522 g/mol. The molecule has 0 aliphatic rings. The van der Waals surface area contributed by atoms with E-state index in [-0.39, 0.29) is 24.8 Å². The van der Waals surface area contributed by atoms with Gasteiger partial charge in [-0.25, -0.2) is 9.59 Å². The van der Waals surface area contributed by atoms with Gasteiger partial charge in [0.25, 0.3) is 0 Å². The molecule has 10 nitrogen and oxygen atoms in total. The SMILES string of the molecule is COC(=O)c1ccc(CNC(=O)[C@@H](NC(=O)C[C@H](O)[C@H](Cc2cccs2)NC(=O)OC(C)(C)C)C(C)C)cc1. The average Bonchev–Trinajstić information content (AvgIpc) is 3.37. The standard InChI is InChI=1S/C28H39N3O7S/c1-17(2)24(25(34)29-16-18-9-11-19(12-10-18)26(35)37-6)31-23(33)15-22(32)21(14-20-8-7-13-39-20)30-27(36)38-28(3,4)5/h7-13,17,21-22,24,32H,14-16H2,1-6H3,(H,29,34)(H,30,36)(H,31,33)/t21-,22-,24-/m0/s1. The van der Waals surface area contributed by atoms with E-state index in [9.17, 15) is 24.3 Å². The van der Waals surface area contributed by atoms with Crippen molar-refractivity contribution in [1.29, 1.82) is 0 Å². The zero-order valence-corrected chi connectivity index (χ0v) is 24.1. The monoisotopic (exact) mass is 561 g/mol. The Labute approximate surface area is 233 Å². The number of alkyl carbamates (subject to hydrolysis) is 1. The van der Waals surface area contributed by atoms with Crippen molar-refractivity contribution in [3.8, 4) is 0 Å². The number of benzene rings is 1. The van der Waals surface area contributed by atoms with Crippen molar-refractivity contribution in [2.24, 2.45) is 5.92 Å². The summed E-state index contributed by atoms with van der Waals surface area (Å²) in [7, 11) is 1.30. The minimum absolute atomic E-state index is 0.199. The molecule has 0 saturated heterocycles. The second-order valence-corrected chi connectivity index (χ2v) is 11.5. The summed E-state index contributed by atoms with van der Waals surface area (Å²) >= 11 is 1.47.